The largest absolute Gasteiger partial charge is 0.383 e. The number of nitrogens with one attached hydrogen (secondary N) is 2. The molecular formula is C16H21ClN2. The molecule has 0 aliphatic rings. The lowest BCUT2D eigenvalue weighted by Crippen LogP contribution is -2.13. The molecule has 0 unspecified atom stereocenters. The Morgan fingerprint density at radius 2 is 0.947 bits per heavy atom. The average Bonchev–Trinajstić information content (AvgIpc) is 2.39. The number of hydrogen-bond donors (Lipinski definition) is 2. The van der Waals surface area contributed by atoms with E-state index < -0.39 is 0 Å². The Morgan fingerprint density at radius 3 is 1.26 bits per heavy atom. The van der Waals surface area contributed by atoms with Crippen LogP contribution in [0, 0.1) is 13.8 Å². The molecule has 0 aliphatic carbocycles. The topological polar surface area (TPSA) is 24.1 Å². The summed E-state index contributed by atoms with van der Waals surface area (Å²) in [5, 5.41) is 6.78. The first-order chi connectivity index (χ1) is 8.74. The maximum Gasteiger partial charge on any atom is 0.0340 e. The first-order valence-corrected chi connectivity index (χ1v) is 6.35. The molecule has 0 saturated carbocycles. The van der Waals surface area contributed by atoms with Crippen LogP contribution < -0.4 is 10.6 Å². The first-order valence-electron chi connectivity index (χ1n) is 6.35. The molecule has 2 aromatic carbocycles. The van der Waals surface area contributed by atoms with Gasteiger partial charge in [0.1, 0.15) is 0 Å². The molecule has 3 heteroatoms. The van der Waals surface area contributed by atoms with Crippen LogP contribution in [0.2, 0.25) is 0 Å². The highest BCUT2D eigenvalue weighted by molar-refractivity contribution is 5.85. The zero-order chi connectivity index (χ0) is 12.8. The van der Waals surface area contributed by atoms with Crippen LogP contribution >= 0.6 is 12.4 Å². The highest BCUT2D eigenvalue weighted by Crippen LogP contribution is 2.09. The van der Waals surface area contributed by atoms with Crippen LogP contribution in [0.25, 0.3) is 0 Å². The fraction of sp³-hybridized carbons (Fsp3) is 0.250. The van der Waals surface area contributed by atoms with Crippen molar-refractivity contribution < 1.29 is 0 Å². The van der Waals surface area contributed by atoms with E-state index in [1.807, 2.05) is 0 Å². The molecule has 0 saturated heterocycles. The maximum atomic E-state index is 3.39. The van der Waals surface area contributed by atoms with Crippen molar-refractivity contribution in [2.45, 2.75) is 13.8 Å². The van der Waals surface area contributed by atoms with Crippen molar-refractivity contribution in [3.05, 3.63) is 59.7 Å². The fourth-order valence-electron chi connectivity index (χ4n) is 1.76. The van der Waals surface area contributed by atoms with Crippen molar-refractivity contribution in [3.63, 3.8) is 0 Å². The Hall–Kier alpha value is -1.67. The summed E-state index contributed by atoms with van der Waals surface area (Å²) in [4.78, 5) is 0. The van der Waals surface area contributed by atoms with Crippen LogP contribution in [0.3, 0.4) is 0 Å². The minimum absolute atomic E-state index is 0. The second-order valence-electron chi connectivity index (χ2n) is 4.59. The van der Waals surface area contributed by atoms with Gasteiger partial charge in [-0.3, -0.25) is 0 Å². The summed E-state index contributed by atoms with van der Waals surface area (Å²) in [6.07, 6.45) is 0. The summed E-state index contributed by atoms with van der Waals surface area (Å²) in [6, 6.07) is 16.9. The van der Waals surface area contributed by atoms with Gasteiger partial charge in [-0.1, -0.05) is 35.4 Å². The third-order valence-corrected chi connectivity index (χ3v) is 2.89. The Kier molecular flexibility index (Phi) is 6.23. The van der Waals surface area contributed by atoms with Crippen LogP contribution in [0.15, 0.2) is 48.5 Å². The second-order valence-corrected chi connectivity index (χ2v) is 4.59. The maximum absolute atomic E-state index is 3.39. The van der Waals surface area contributed by atoms with Gasteiger partial charge in [-0.25, -0.2) is 0 Å². The van der Waals surface area contributed by atoms with E-state index in [4.69, 9.17) is 0 Å². The highest BCUT2D eigenvalue weighted by Gasteiger charge is 1.92. The fourth-order valence-corrected chi connectivity index (χ4v) is 1.76. The molecule has 0 bridgehead atoms. The van der Waals surface area contributed by atoms with Gasteiger partial charge in [-0.2, -0.15) is 0 Å². The molecule has 0 aliphatic heterocycles. The Balaban J connectivity index is 0.00000180. The van der Waals surface area contributed by atoms with Gasteiger partial charge in [0.05, 0.1) is 0 Å². The van der Waals surface area contributed by atoms with Gasteiger partial charge < -0.3 is 10.6 Å². The molecule has 2 nitrogen and oxygen atoms in total. The minimum Gasteiger partial charge on any atom is -0.383 e. The zero-order valence-electron chi connectivity index (χ0n) is 11.4. The monoisotopic (exact) mass is 276 g/mol. The van der Waals surface area contributed by atoms with Crippen LogP contribution in [-0.2, 0) is 0 Å². The van der Waals surface area contributed by atoms with Crippen molar-refractivity contribution in [2.75, 3.05) is 23.7 Å². The van der Waals surface area contributed by atoms with Crippen molar-refractivity contribution in [1.82, 2.24) is 0 Å². The van der Waals surface area contributed by atoms with E-state index >= 15 is 0 Å². The summed E-state index contributed by atoms with van der Waals surface area (Å²) in [5.41, 5.74) is 4.93. The van der Waals surface area contributed by atoms with Gasteiger partial charge in [-0.05, 0) is 38.1 Å². The molecule has 2 rings (SSSR count). The Morgan fingerprint density at radius 1 is 0.632 bits per heavy atom. The van der Waals surface area contributed by atoms with Gasteiger partial charge in [-0.15, -0.1) is 12.4 Å². The number of benzene rings is 2. The quantitative estimate of drug-likeness (QED) is 0.798. The van der Waals surface area contributed by atoms with Gasteiger partial charge in [0.25, 0.3) is 0 Å². The molecule has 2 N–H and O–H groups in total. The second kappa shape index (κ2) is 7.70. The molecule has 0 amide bonds. The lowest BCUT2D eigenvalue weighted by Gasteiger charge is -2.09. The van der Waals surface area contributed by atoms with E-state index in [0.29, 0.717) is 0 Å². The molecule has 0 heterocycles. The zero-order valence-corrected chi connectivity index (χ0v) is 12.3. The van der Waals surface area contributed by atoms with Crippen LogP contribution in [0.1, 0.15) is 11.1 Å². The lowest BCUT2D eigenvalue weighted by molar-refractivity contribution is 1.08. The Labute approximate surface area is 121 Å². The van der Waals surface area contributed by atoms with Gasteiger partial charge in [0, 0.05) is 24.5 Å². The number of anilines is 2. The molecule has 0 aromatic heterocycles. The summed E-state index contributed by atoms with van der Waals surface area (Å²) in [5.74, 6) is 0. The molecule has 0 spiro atoms. The molecule has 0 atom stereocenters. The average molecular weight is 277 g/mol. The van der Waals surface area contributed by atoms with E-state index in [1.165, 1.54) is 22.5 Å². The van der Waals surface area contributed by atoms with Crippen molar-refractivity contribution >= 4 is 23.8 Å². The van der Waals surface area contributed by atoms with E-state index in [0.717, 1.165) is 13.1 Å². The summed E-state index contributed by atoms with van der Waals surface area (Å²) in [7, 11) is 0. The smallest absolute Gasteiger partial charge is 0.0340 e. The van der Waals surface area contributed by atoms with Gasteiger partial charge in [0.15, 0.2) is 0 Å². The number of hydrogen-bond acceptors (Lipinski definition) is 2. The molecule has 102 valence electrons. The molecule has 0 radical (unpaired) electrons. The summed E-state index contributed by atoms with van der Waals surface area (Å²) < 4.78 is 0. The van der Waals surface area contributed by atoms with Gasteiger partial charge >= 0.3 is 0 Å². The highest BCUT2D eigenvalue weighted by atomic mass is 35.5. The van der Waals surface area contributed by atoms with E-state index in [2.05, 4.69) is 73.0 Å². The van der Waals surface area contributed by atoms with E-state index in [9.17, 15) is 0 Å². The van der Waals surface area contributed by atoms with Crippen molar-refractivity contribution in [3.8, 4) is 0 Å². The predicted molar refractivity (Wildman–Crippen MR) is 86.6 cm³/mol. The van der Waals surface area contributed by atoms with E-state index in [1.54, 1.807) is 0 Å². The van der Waals surface area contributed by atoms with Crippen molar-refractivity contribution in [1.29, 1.82) is 0 Å². The normalized spacial score (nSPS) is 9.58. The summed E-state index contributed by atoms with van der Waals surface area (Å²) in [6.45, 7) is 6.03. The Bertz CT molecular complexity index is 430. The van der Waals surface area contributed by atoms with Crippen LogP contribution in [0.4, 0.5) is 11.4 Å². The number of halogens is 1. The molecular weight excluding hydrogens is 256 g/mol. The lowest BCUT2D eigenvalue weighted by atomic mass is 10.2. The standard InChI is InChI=1S/C16H20N2.ClH/c1-13-3-7-15(8-4-13)17-11-12-18-16-9-5-14(2)6-10-16;/h3-10,17-18H,11-12H2,1-2H3;1H. The first kappa shape index (κ1) is 15.4. The third kappa shape index (κ3) is 5.23. The minimum atomic E-state index is 0. The molecule has 2 aromatic rings. The predicted octanol–water partition coefficient (Wildman–Crippen LogP) is 4.25. The molecule has 19 heavy (non-hydrogen) atoms. The molecule has 0 fully saturated rings. The number of rotatable bonds is 5. The van der Waals surface area contributed by atoms with E-state index in [-0.39, 0.29) is 12.4 Å². The van der Waals surface area contributed by atoms with Gasteiger partial charge in [0.2, 0.25) is 0 Å². The third-order valence-electron chi connectivity index (χ3n) is 2.89. The number of aryl methyl sites for hydroxylation is 2. The SMILES string of the molecule is Cc1ccc(NCCNc2ccc(C)cc2)cc1.Cl. The van der Waals surface area contributed by atoms with Crippen LogP contribution in [-0.4, -0.2) is 13.1 Å². The van der Waals surface area contributed by atoms with Crippen molar-refractivity contribution in [2.24, 2.45) is 0 Å². The summed E-state index contributed by atoms with van der Waals surface area (Å²) >= 11 is 0. The van der Waals surface area contributed by atoms with Crippen LogP contribution in [0.5, 0.6) is 0 Å².